The largest absolute Gasteiger partial charge is 0.497 e. The zero-order valence-corrected chi connectivity index (χ0v) is 13.7. The van der Waals surface area contributed by atoms with Crippen molar-refractivity contribution in [2.45, 2.75) is 56.9 Å². The molecule has 5 heteroatoms. The highest BCUT2D eigenvalue weighted by Crippen LogP contribution is 2.28. The number of aliphatic hydroxyl groups is 2. The predicted molar refractivity (Wildman–Crippen MR) is 87.4 cm³/mol. The van der Waals surface area contributed by atoms with Crippen LogP contribution in [0.5, 0.6) is 5.75 Å². The summed E-state index contributed by atoms with van der Waals surface area (Å²) in [6, 6.07) is 7.52. The Kier molecular flexibility index (Phi) is 6.59. The van der Waals surface area contributed by atoms with E-state index in [1.807, 2.05) is 31.2 Å². The highest BCUT2D eigenvalue weighted by Gasteiger charge is 2.43. The van der Waals surface area contributed by atoms with Crippen molar-refractivity contribution in [3.05, 3.63) is 42.5 Å². The standard InChI is InChI=1S/C18H26O5/c1-4-6-15-18(17(20)16(19)14(5-2)23-15)22-11-12-7-9-13(21-3)10-8-12/h4,7-10,14-20H,1,5-6,11H2,2-3H3/t14-,15-,16+,17+,18+/m1/s1. The van der Waals surface area contributed by atoms with Crippen LogP contribution in [-0.4, -0.2) is 47.8 Å². The molecule has 5 atom stereocenters. The molecule has 0 bridgehead atoms. The second-order valence-corrected chi connectivity index (χ2v) is 5.75. The maximum Gasteiger partial charge on any atom is 0.118 e. The third kappa shape index (κ3) is 4.32. The van der Waals surface area contributed by atoms with E-state index in [1.54, 1.807) is 13.2 Å². The second-order valence-electron chi connectivity index (χ2n) is 5.75. The Hall–Kier alpha value is -1.40. The number of benzene rings is 1. The van der Waals surface area contributed by atoms with Gasteiger partial charge in [-0.3, -0.25) is 0 Å². The number of hydrogen-bond donors (Lipinski definition) is 2. The molecule has 1 aromatic carbocycles. The highest BCUT2D eigenvalue weighted by atomic mass is 16.6. The van der Waals surface area contributed by atoms with Gasteiger partial charge >= 0.3 is 0 Å². The van der Waals surface area contributed by atoms with Crippen LogP contribution in [0.1, 0.15) is 25.3 Å². The fraction of sp³-hybridized carbons (Fsp3) is 0.556. The van der Waals surface area contributed by atoms with Gasteiger partial charge in [0.1, 0.15) is 24.1 Å². The number of rotatable bonds is 7. The first-order valence-corrected chi connectivity index (χ1v) is 7.97. The third-order valence-corrected chi connectivity index (χ3v) is 4.19. The molecule has 0 aliphatic carbocycles. The van der Waals surface area contributed by atoms with Crippen molar-refractivity contribution in [1.29, 1.82) is 0 Å². The van der Waals surface area contributed by atoms with Gasteiger partial charge in [0.25, 0.3) is 0 Å². The average Bonchev–Trinajstić information content (AvgIpc) is 2.58. The third-order valence-electron chi connectivity index (χ3n) is 4.19. The summed E-state index contributed by atoms with van der Waals surface area (Å²) < 4.78 is 16.9. The normalized spacial score (nSPS) is 30.9. The van der Waals surface area contributed by atoms with Crippen molar-refractivity contribution in [2.24, 2.45) is 0 Å². The van der Waals surface area contributed by atoms with Gasteiger partial charge in [0.2, 0.25) is 0 Å². The van der Waals surface area contributed by atoms with E-state index in [1.165, 1.54) is 0 Å². The molecule has 2 N–H and O–H groups in total. The Morgan fingerprint density at radius 3 is 2.43 bits per heavy atom. The molecule has 0 aromatic heterocycles. The van der Waals surface area contributed by atoms with Gasteiger partial charge in [-0.25, -0.2) is 0 Å². The SMILES string of the molecule is C=CC[C@H]1O[C@H](CC)[C@H](O)[C@H](O)[C@H]1OCc1ccc(OC)cc1. The predicted octanol–water partition coefficient (Wildman–Crippen LogP) is 2.06. The van der Waals surface area contributed by atoms with E-state index >= 15 is 0 Å². The molecular weight excluding hydrogens is 296 g/mol. The minimum atomic E-state index is -0.975. The number of aliphatic hydroxyl groups excluding tert-OH is 2. The fourth-order valence-corrected chi connectivity index (χ4v) is 2.83. The molecule has 23 heavy (non-hydrogen) atoms. The van der Waals surface area contributed by atoms with E-state index in [0.29, 0.717) is 19.4 Å². The molecule has 1 saturated heterocycles. The van der Waals surface area contributed by atoms with Crippen molar-refractivity contribution < 1.29 is 24.4 Å². The average molecular weight is 322 g/mol. The van der Waals surface area contributed by atoms with Crippen LogP contribution in [0, 0.1) is 0 Å². The van der Waals surface area contributed by atoms with Crippen LogP contribution in [-0.2, 0) is 16.1 Å². The van der Waals surface area contributed by atoms with Crippen molar-refractivity contribution >= 4 is 0 Å². The van der Waals surface area contributed by atoms with Crippen molar-refractivity contribution in [1.82, 2.24) is 0 Å². The van der Waals surface area contributed by atoms with E-state index in [4.69, 9.17) is 14.2 Å². The fourth-order valence-electron chi connectivity index (χ4n) is 2.83. The zero-order chi connectivity index (χ0) is 16.8. The van der Waals surface area contributed by atoms with E-state index in [2.05, 4.69) is 6.58 Å². The van der Waals surface area contributed by atoms with Crippen molar-refractivity contribution in [2.75, 3.05) is 7.11 Å². The van der Waals surface area contributed by atoms with Crippen LogP contribution in [0.2, 0.25) is 0 Å². The lowest BCUT2D eigenvalue weighted by Crippen LogP contribution is -2.58. The molecular formula is C18H26O5. The summed E-state index contributed by atoms with van der Waals surface area (Å²) in [5, 5.41) is 20.5. The van der Waals surface area contributed by atoms with Gasteiger partial charge in [0, 0.05) is 0 Å². The van der Waals surface area contributed by atoms with Gasteiger partial charge in [0.05, 0.1) is 25.9 Å². The second kappa shape index (κ2) is 8.45. The van der Waals surface area contributed by atoms with E-state index in [0.717, 1.165) is 11.3 Å². The first kappa shape index (κ1) is 17.9. The summed E-state index contributed by atoms with van der Waals surface area (Å²) in [5.74, 6) is 0.778. The molecule has 1 heterocycles. The summed E-state index contributed by atoms with van der Waals surface area (Å²) in [6.45, 7) is 5.97. The van der Waals surface area contributed by atoms with E-state index < -0.39 is 18.3 Å². The number of hydrogen-bond acceptors (Lipinski definition) is 5. The lowest BCUT2D eigenvalue weighted by molar-refractivity contribution is -0.237. The molecule has 1 aliphatic rings. The Morgan fingerprint density at radius 2 is 1.87 bits per heavy atom. The zero-order valence-electron chi connectivity index (χ0n) is 13.7. The van der Waals surface area contributed by atoms with Crippen LogP contribution < -0.4 is 4.74 Å². The van der Waals surface area contributed by atoms with Crippen LogP contribution >= 0.6 is 0 Å². The molecule has 1 aromatic rings. The van der Waals surface area contributed by atoms with E-state index in [-0.39, 0.29) is 12.2 Å². The summed E-state index contributed by atoms with van der Waals surface area (Å²) >= 11 is 0. The smallest absolute Gasteiger partial charge is 0.118 e. The quantitative estimate of drug-likeness (QED) is 0.752. The molecule has 2 rings (SSSR count). The Balaban J connectivity index is 2.03. The Morgan fingerprint density at radius 1 is 1.17 bits per heavy atom. The van der Waals surface area contributed by atoms with Gasteiger partial charge in [0.15, 0.2) is 0 Å². The van der Waals surface area contributed by atoms with Crippen LogP contribution in [0.25, 0.3) is 0 Å². The van der Waals surface area contributed by atoms with Gasteiger partial charge in [-0.15, -0.1) is 6.58 Å². The summed E-state index contributed by atoms with van der Waals surface area (Å²) in [7, 11) is 1.62. The molecule has 0 amide bonds. The van der Waals surface area contributed by atoms with Crippen LogP contribution in [0.3, 0.4) is 0 Å². The maximum absolute atomic E-state index is 10.4. The maximum atomic E-state index is 10.4. The molecule has 5 nitrogen and oxygen atoms in total. The minimum Gasteiger partial charge on any atom is -0.497 e. The van der Waals surface area contributed by atoms with E-state index in [9.17, 15) is 10.2 Å². The van der Waals surface area contributed by atoms with Gasteiger partial charge in [-0.1, -0.05) is 25.1 Å². The highest BCUT2D eigenvalue weighted by molar-refractivity contribution is 5.26. The first-order valence-electron chi connectivity index (χ1n) is 7.97. The van der Waals surface area contributed by atoms with Crippen molar-refractivity contribution in [3.63, 3.8) is 0 Å². The van der Waals surface area contributed by atoms with Gasteiger partial charge in [-0.05, 0) is 30.5 Å². The monoisotopic (exact) mass is 322 g/mol. The Labute approximate surface area is 137 Å². The summed E-state index contributed by atoms with van der Waals surface area (Å²) in [5.41, 5.74) is 0.961. The molecule has 128 valence electrons. The first-order chi connectivity index (χ1) is 11.1. The summed E-state index contributed by atoms with van der Waals surface area (Å²) in [4.78, 5) is 0. The molecule has 0 saturated carbocycles. The van der Waals surface area contributed by atoms with Gasteiger partial charge < -0.3 is 24.4 Å². The number of methoxy groups -OCH3 is 1. The number of ether oxygens (including phenoxy) is 3. The lowest BCUT2D eigenvalue weighted by atomic mass is 9.92. The Bertz CT molecular complexity index is 487. The van der Waals surface area contributed by atoms with Crippen molar-refractivity contribution in [3.8, 4) is 5.75 Å². The summed E-state index contributed by atoms with van der Waals surface area (Å²) in [6.07, 6.45) is -0.257. The van der Waals surface area contributed by atoms with Gasteiger partial charge in [-0.2, -0.15) is 0 Å². The molecule has 0 unspecified atom stereocenters. The van der Waals surface area contributed by atoms with Crippen LogP contribution in [0.4, 0.5) is 0 Å². The lowest BCUT2D eigenvalue weighted by Gasteiger charge is -2.42. The molecule has 0 radical (unpaired) electrons. The molecule has 1 fully saturated rings. The van der Waals surface area contributed by atoms with Crippen LogP contribution in [0.15, 0.2) is 36.9 Å². The minimum absolute atomic E-state index is 0.311. The topological polar surface area (TPSA) is 68.2 Å². The molecule has 1 aliphatic heterocycles. The molecule has 0 spiro atoms.